The first-order valence-corrected chi connectivity index (χ1v) is 7.74. The molecule has 0 saturated carbocycles. The molecule has 0 radical (unpaired) electrons. The molecule has 2 aromatic rings. The maximum atomic E-state index is 12.3. The molecular weight excluding hydrogens is 314 g/mol. The molecule has 1 saturated heterocycles. The van der Waals surface area contributed by atoms with Crippen LogP contribution in [0.15, 0.2) is 47.4 Å². The van der Waals surface area contributed by atoms with Gasteiger partial charge in [0.05, 0.1) is 14.9 Å². The van der Waals surface area contributed by atoms with Crippen LogP contribution in [0.1, 0.15) is 4.88 Å². The van der Waals surface area contributed by atoms with Gasteiger partial charge in [-0.15, -0.1) is 11.3 Å². The average molecular weight is 322 g/mol. The van der Waals surface area contributed by atoms with Gasteiger partial charge in [-0.2, -0.15) is 0 Å². The van der Waals surface area contributed by atoms with E-state index in [1.54, 1.807) is 36.4 Å². The van der Waals surface area contributed by atoms with Crippen molar-refractivity contribution >= 4 is 57.6 Å². The van der Waals surface area contributed by atoms with Gasteiger partial charge in [0.15, 0.2) is 0 Å². The van der Waals surface area contributed by atoms with Crippen molar-refractivity contribution in [3.05, 3.63) is 56.6 Å². The Morgan fingerprint density at radius 2 is 1.80 bits per heavy atom. The second-order valence-corrected chi connectivity index (χ2v) is 6.73. The van der Waals surface area contributed by atoms with Crippen LogP contribution in [0, 0.1) is 0 Å². The van der Waals surface area contributed by atoms with Crippen molar-refractivity contribution in [2.45, 2.75) is 0 Å². The highest BCUT2D eigenvalue weighted by atomic mass is 35.5. The number of imide groups is 1. The summed E-state index contributed by atoms with van der Waals surface area (Å²) in [5.74, 6) is -0.296. The summed E-state index contributed by atoms with van der Waals surface area (Å²) in [6, 6.07) is 12.5. The quantitative estimate of drug-likeness (QED) is 0.756. The maximum absolute atomic E-state index is 12.3. The number of hydrogen-bond acceptors (Lipinski definition) is 4. The lowest BCUT2D eigenvalue weighted by atomic mass is 10.3. The Balaban J connectivity index is 1.93. The Labute approximate surface area is 128 Å². The van der Waals surface area contributed by atoms with Crippen LogP contribution in [0.3, 0.4) is 0 Å². The minimum atomic E-state index is -0.296. The topological polar surface area (TPSA) is 37.4 Å². The van der Waals surface area contributed by atoms with E-state index in [4.69, 9.17) is 11.6 Å². The standard InChI is InChI=1S/C14H8ClNO2S2/c15-12-7-6-10(19-12)8-11-13(17)16(14(18)20-11)9-4-2-1-3-5-9/h1-8H. The molecule has 1 aromatic carbocycles. The fourth-order valence-corrected chi connectivity index (χ4v) is 3.71. The molecule has 1 aliphatic rings. The number of amides is 2. The van der Waals surface area contributed by atoms with Gasteiger partial charge in [0.25, 0.3) is 11.1 Å². The van der Waals surface area contributed by atoms with Crippen molar-refractivity contribution < 1.29 is 9.59 Å². The molecular formula is C14H8ClNO2S2. The van der Waals surface area contributed by atoms with E-state index in [9.17, 15) is 9.59 Å². The number of thioether (sulfide) groups is 1. The summed E-state index contributed by atoms with van der Waals surface area (Å²) < 4.78 is 0.651. The van der Waals surface area contributed by atoms with E-state index in [-0.39, 0.29) is 11.1 Å². The van der Waals surface area contributed by atoms with Crippen molar-refractivity contribution in [2.75, 3.05) is 4.90 Å². The number of anilines is 1. The third-order valence-corrected chi connectivity index (χ3v) is 4.72. The third kappa shape index (κ3) is 2.52. The molecule has 2 amide bonds. The molecule has 100 valence electrons. The van der Waals surface area contributed by atoms with Crippen LogP contribution in [0.4, 0.5) is 10.5 Å². The molecule has 3 rings (SSSR count). The molecule has 0 N–H and O–H groups in total. The molecule has 0 atom stereocenters. The molecule has 3 nitrogen and oxygen atoms in total. The summed E-state index contributed by atoms with van der Waals surface area (Å²) >= 11 is 8.17. The first-order valence-electron chi connectivity index (χ1n) is 5.73. The zero-order valence-electron chi connectivity index (χ0n) is 10.1. The number of para-hydroxylation sites is 1. The van der Waals surface area contributed by atoms with Crippen LogP contribution in [0.2, 0.25) is 4.34 Å². The SMILES string of the molecule is O=C1SC(=Cc2ccc(Cl)s2)C(=O)N1c1ccccc1. The van der Waals surface area contributed by atoms with Gasteiger partial charge < -0.3 is 0 Å². The first-order chi connectivity index (χ1) is 9.65. The van der Waals surface area contributed by atoms with Gasteiger partial charge in [-0.1, -0.05) is 29.8 Å². The third-order valence-electron chi connectivity index (χ3n) is 2.68. The Kier molecular flexibility index (Phi) is 3.65. The number of rotatable bonds is 2. The lowest BCUT2D eigenvalue weighted by Gasteiger charge is -2.11. The van der Waals surface area contributed by atoms with E-state index in [0.29, 0.717) is 14.9 Å². The Morgan fingerprint density at radius 1 is 1.05 bits per heavy atom. The number of benzene rings is 1. The predicted octanol–water partition coefficient (Wildman–Crippen LogP) is 4.64. The average Bonchev–Trinajstić information content (AvgIpc) is 2.96. The zero-order valence-corrected chi connectivity index (χ0v) is 12.5. The number of nitrogens with zero attached hydrogens (tertiary/aromatic N) is 1. The van der Waals surface area contributed by atoms with Gasteiger partial charge in [-0.3, -0.25) is 9.59 Å². The van der Waals surface area contributed by atoms with Crippen molar-refractivity contribution in [2.24, 2.45) is 0 Å². The fourth-order valence-electron chi connectivity index (χ4n) is 1.80. The lowest BCUT2D eigenvalue weighted by Crippen LogP contribution is -2.27. The van der Waals surface area contributed by atoms with Crippen LogP contribution in [-0.2, 0) is 4.79 Å². The smallest absolute Gasteiger partial charge is 0.268 e. The van der Waals surface area contributed by atoms with E-state index in [1.165, 1.54) is 16.2 Å². The van der Waals surface area contributed by atoms with Crippen molar-refractivity contribution in [1.29, 1.82) is 0 Å². The lowest BCUT2D eigenvalue weighted by molar-refractivity contribution is -0.113. The highest BCUT2D eigenvalue weighted by molar-refractivity contribution is 8.19. The van der Waals surface area contributed by atoms with E-state index in [2.05, 4.69) is 0 Å². The second-order valence-electron chi connectivity index (χ2n) is 3.99. The number of halogens is 1. The van der Waals surface area contributed by atoms with E-state index in [1.807, 2.05) is 12.1 Å². The van der Waals surface area contributed by atoms with Gasteiger partial charge in [-0.05, 0) is 42.1 Å². The molecule has 1 aromatic heterocycles. The second kappa shape index (κ2) is 5.44. The van der Waals surface area contributed by atoms with Gasteiger partial charge in [-0.25, -0.2) is 4.90 Å². The van der Waals surface area contributed by atoms with Gasteiger partial charge in [0, 0.05) is 4.88 Å². The van der Waals surface area contributed by atoms with Gasteiger partial charge >= 0.3 is 0 Å². The maximum Gasteiger partial charge on any atom is 0.298 e. The van der Waals surface area contributed by atoms with Gasteiger partial charge in [0.1, 0.15) is 0 Å². The molecule has 1 aliphatic heterocycles. The highest BCUT2D eigenvalue weighted by Crippen LogP contribution is 2.36. The molecule has 1 fully saturated rings. The van der Waals surface area contributed by atoms with Crippen LogP contribution in [0.5, 0.6) is 0 Å². The summed E-state index contributed by atoms with van der Waals surface area (Å²) in [6.07, 6.45) is 1.70. The van der Waals surface area contributed by atoms with Crippen LogP contribution in [0.25, 0.3) is 6.08 Å². The Hall–Kier alpha value is -1.56. The molecule has 2 heterocycles. The number of hydrogen-bond donors (Lipinski definition) is 0. The monoisotopic (exact) mass is 321 g/mol. The molecule has 20 heavy (non-hydrogen) atoms. The number of carbonyl (C=O) groups is 2. The molecule has 0 aliphatic carbocycles. The van der Waals surface area contributed by atoms with Crippen LogP contribution >= 0.6 is 34.7 Å². The summed E-state index contributed by atoms with van der Waals surface area (Å²) in [5, 5.41) is -0.282. The van der Waals surface area contributed by atoms with E-state index < -0.39 is 0 Å². The van der Waals surface area contributed by atoms with E-state index in [0.717, 1.165) is 16.6 Å². The first kappa shape index (κ1) is 13.4. The zero-order chi connectivity index (χ0) is 14.1. The molecule has 0 unspecified atom stereocenters. The van der Waals surface area contributed by atoms with Crippen molar-refractivity contribution in [1.82, 2.24) is 0 Å². The molecule has 0 spiro atoms. The summed E-state index contributed by atoms with van der Waals surface area (Å²) in [5.41, 5.74) is 0.586. The predicted molar refractivity (Wildman–Crippen MR) is 84.2 cm³/mol. The van der Waals surface area contributed by atoms with Crippen LogP contribution in [-0.4, -0.2) is 11.1 Å². The largest absolute Gasteiger partial charge is 0.298 e. The molecule has 6 heteroatoms. The minimum absolute atomic E-state index is 0.282. The number of carbonyl (C=O) groups excluding carboxylic acids is 2. The Morgan fingerprint density at radius 3 is 2.45 bits per heavy atom. The highest BCUT2D eigenvalue weighted by Gasteiger charge is 2.36. The van der Waals surface area contributed by atoms with Crippen molar-refractivity contribution in [3.63, 3.8) is 0 Å². The van der Waals surface area contributed by atoms with Gasteiger partial charge in [0.2, 0.25) is 0 Å². The summed E-state index contributed by atoms with van der Waals surface area (Å²) in [7, 11) is 0. The molecule has 0 bridgehead atoms. The summed E-state index contributed by atoms with van der Waals surface area (Å²) in [4.78, 5) is 26.8. The fraction of sp³-hybridized carbons (Fsp3) is 0. The normalized spacial score (nSPS) is 17.2. The number of thiophene rings is 1. The van der Waals surface area contributed by atoms with Crippen molar-refractivity contribution in [3.8, 4) is 0 Å². The minimum Gasteiger partial charge on any atom is -0.268 e. The summed E-state index contributed by atoms with van der Waals surface area (Å²) in [6.45, 7) is 0. The van der Waals surface area contributed by atoms with Crippen LogP contribution < -0.4 is 4.90 Å². The van der Waals surface area contributed by atoms with E-state index >= 15 is 0 Å². The Bertz CT molecular complexity index is 709.